The van der Waals surface area contributed by atoms with Crippen LogP contribution in [-0.4, -0.2) is 29.1 Å². The first-order chi connectivity index (χ1) is 7.22. The van der Waals surface area contributed by atoms with Gasteiger partial charge in [0, 0.05) is 0 Å². The summed E-state index contributed by atoms with van der Waals surface area (Å²) >= 11 is 5.47. The number of aliphatic hydroxyl groups is 1. The van der Waals surface area contributed by atoms with Crippen molar-refractivity contribution in [2.75, 3.05) is 11.2 Å². The van der Waals surface area contributed by atoms with E-state index < -0.39 is 12.2 Å². The van der Waals surface area contributed by atoms with Crippen molar-refractivity contribution in [3.05, 3.63) is 24.3 Å². The molecule has 0 saturated carbocycles. The fourth-order valence-corrected chi connectivity index (χ4v) is 1.56. The minimum absolute atomic E-state index is 0.0414. The summed E-state index contributed by atoms with van der Waals surface area (Å²) in [4.78, 5) is 11.5. The van der Waals surface area contributed by atoms with Gasteiger partial charge in [-0.15, -0.1) is 11.6 Å². The van der Waals surface area contributed by atoms with Crippen molar-refractivity contribution in [3.63, 3.8) is 0 Å². The number of carbonyl (C=O) groups is 1. The average molecular weight is 228 g/mol. The average Bonchev–Trinajstić information content (AvgIpc) is 2.27. The highest BCUT2D eigenvalue weighted by Crippen LogP contribution is 2.29. The topological polar surface area (TPSA) is 58.6 Å². The van der Waals surface area contributed by atoms with Gasteiger partial charge in [0.25, 0.3) is 5.91 Å². The maximum absolute atomic E-state index is 11.5. The number of fused-ring (bicyclic) bond motifs is 1. The smallest absolute Gasteiger partial charge is 0.268 e. The van der Waals surface area contributed by atoms with Gasteiger partial charge in [-0.3, -0.25) is 4.79 Å². The Morgan fingerprint density at radius 1 is 1.53 bits per heavy atom. The van der Waals surface area contributed by atoms with Crippen LogP contribution in [-0.2, 0) is 4.79 Å². The Kier molecular flexibility index (Phi) is 2.79. The lowest BCUT2D eigenvalue weighted by Crippen LogP contribution is -2.46. The molecule has 1 aliphatic rings. The largest absolute Gasteiger partial charge is 0.476 e. The maximum Gasteiger partial charge on any atom is 0.268 e. The van der Waals surface area contributed by atoms with Crippen LogP contribution in [0, 0.1) is 0 Å². The SMILES string of the molecule is O=C1Nc2ccccc2O[C@@H]1C(O)CCl. The molecule has 80 valence electrons. The monoisotopic (exact) mass is 227 g/mol. The van der Waals surface area contributed by atoms with Gasteiger partial charge < -0.3 is 15.2 Å². The number of rotatable bonds is 2. The Morgan fingerprint density at radius 2 is 2.27 bits per heavy atom. The molecule has 1 aliphatic heterocycles. The van der Waals surface area contributed by atoms with Crippen LogP contribution in [0.4, 0.5) is 5.69 Å². The minimum Gasteiger partial charge on any atom is -0.476 e. The highest BCUT2D eigenvalue weighted by atomic mass is 35.5. The minimum atomic E-state index is -1.000. The van der Waals surface area contributed by atoms with Crippen LogP contribution >= 0.6 is 11.6 Å². The first-order valence-corrected chi connectivity index (χ1v) is 5.06. The van der Waals surface area contributed by atoms with E-state index in [1.165, 1.54) is 0 Å². The van der Waals surface area contributed by atoms with Crippen LogP contribution < -0.4 is 10.1 Å². The van der Waals surface area contributed by atoms with Crippen LogP contribution in [0.25, 0.3) is 0 Å². The normalized spacial score (nSPS) is 21.2. The Bertz CT molecular complexity index is 383. The molecule has 2 atom stereocenters. The van der Waals surface area contributed by atoms with E-state index >= 15 is 0 Å². The van der Waals surface area contributed by atoms with Crippen LogP contribution in [0.3, 0.4) is 0 Å². The van der Waals surface area contributed by atoms with Gasteiger partial charge in [-0.2, -0.15) is 0 Å². The van der Waals surface area contributed by atoms with Gasteiger partial charge in [-0.05, 0) is 12.1 Å². The van der Waals surface area contributed by atoms with Crippen molar-refractivity contribution in [1.29, 1.82) is 0 Å². The first-order valence-electron chi connectivity index (χ1n) is 4.53. The molecule has 5 heteroatoms. The molecular weight excluding hydrogens is 218 g/mol. The molecule has 0 saturated heterocycles. The molecule has 0 radical (unpaired) electrons. The number of para-hydroxylation sites is 2. The summed E-state index contributed by atoms with van der Waals surface area (Å²) < 4.78 is 5.35. The first kappa shape index (κ1) is 10.3. The lowest BCUT2D eigenvalue weighted by molar-refractivity contribution is -0.127. The summed E-state index contributed by atoms with van der Waals surface area (Å²) in [5, 5.41) is 12.1. The highest BCUT2D eigenvalue weighted by molar-refractivity contribution is 6.18. The van der Waals surface area contributed by atoms with Crippen molar-refractivity contribution >= 4 is 23.2 Å². The van der Waals surface area contributed by atoms with Gasteiger partial charge in [0.15, 0.2) is 0 Å². The summed E-state index contributed by atoms with van der Waals surface area (Å²) in [5.41, 5.74) is 0.612. The van der Waals surface area contributed by atoms with E-state index in [0.717, 1.165) is 0 Å². The Labute approximate surface area is 91.8 Å². The molecule has 2 N–H and O–H groups in total. The number of alkyl halides is 1. The zero-order chi connectivity index (χ0) is 10.8. The van der Waals surface area contributed by atoms with Gasteiger partial charge in [0.1, 0.15) is 11.9 Å². The van der Waals surface area contributed by atoms with Crippen molar-refractivity contribution in [3.8, 4) is 5.75 Å². The molecule has 15 heavy (non-hydrogen) atoms. The molecule has 1 aromatic rings. The van der Waals surface area contributed by atoms with E-state index in [-0.39, 0.29) is 11.8 Å². The van der Waals surface area contributed by atoms with Crippen molar-refractivity contribution in [2.45, 2.75) is 12.2 Å². The predicted molar refractivity (Wildman–Crippen MR) is 56.2 cm³/mol. The number of carbonyl (C=O) groups excluding carboxylic acids is 1. The number of anilines is 1. The molecule has 0 spiro atoms. The maximum atomic E-state index is 11.5. The van der Waals surface area contributed by atoms with Gasteiger partial charge in [-0.25, -0.2) is 0 Å². The third kappa shape index (κ3) is 1.91. The molecule has 4 nitrogen and oxygen atoms in total. The second kappa shape index (κ2) is 4.08. The number of halogens is 1. The lowest BCUT2D eigenvalue weighted by atomic mass is 10.1. The van der Waals surface area contributed by atoms with Gasteiger partial charge in [0.2, 0.25) is 6.10 Å². The molecule has 0 bridgehead atoms. The van der Waals surface area contributed by atoms with Crippen molar-refractivity contribution in [2.24, 2.45) is 0 Å². The fourth-order valence-electron chi connectivity index (χ4n) is 1.40. The molecule has 0 fully saturated rings. The second-order valence-corrected chi connectivity index (χ2v) is 3.55. The Balaban J connectivity index is 2.26. The second-order valence-electron chi connectivity index (χ2n) is 3.25. The van der Waals surface area contributed by atoms with Crippen molar-refractivity contribution < 1.29 is 14.6 Å². The van der Waals surface area contributed by atoms with Crippen LogP contribution in [0.1, 0.15) is 0 Å². The van der Waals surface area contributed by atoms with E-state index in [1.54, 1.807) is 24.3 Å². The number of hydrogen-bond acceptors (Lipinski definition) is 3. The van der Waals surface area contributed by atoms with E-state index in [1.807, 2.05) is 0 Å². The Hall–Kier alpha value is -1.26. The van der Waals surface area contributed by atoms with E-state index in [2.05, 4.69) is 5.32 Å². The molecule has 0 aromatic heterocycles. The standard InChI is InChI=1S/C10H10ClNO3/c11-5-7(13)9-10(14)12-6-3-1-2-4-8(6)15-9/h1-4,7,9,13H,5H2,(H,12,14)/t7?,9-/m1/s1. The fraction of sp³-hybridized carbons (Fsp3) is 0.300. The summed E-state index contributed by atoms with van der Waals surface area (Å²) in [6, 6.07) is 7.04. The zero-order valence-electron chi connectivity index (χ0n) is 7.81. The molecule has 1 unspecified atom stereocenters. The van der Waals surface area contributed by atoms with E-state index in [9.17, 15) is 9.90 Å². The molecule has 0 aliphatic carbocycles. The number of aliphatic hydroxyl groups excluding tert-OH is 1. The molecular formula is C10H10ClNO3. The predicted octanol–water partition coefficient (Wildman–Crippen LogP) is 0.986. The number of hydrogen-bond donors (Lipinski definition) is 2. The number of ether oxygens (including phenoxy) is 1. The highest BCUT2D eigenvalue weighted by Gasteiger charge is 2.32. The lowest BCUT2D eigenvalue weighted by Gasteiger charge is -2.27. The summed E-state index contributed by atoms with van der Waals surface area (Å²) in [6.45, 7) is 0. The van der Waals surface area contributed by atoms with Gasteiger partial charge in [0.05, 0.1) is 11.6 Å². The van der Waals surface area contributed by atoms with E-state index in [0.29, 0.717) is 11.4 Å². The molecule has 1 aromatic carbocycles. The molecule has 2 rings (SSSR count). The Morgan fingerprint density at radius 3 is 3.00 bits per heavy atom. The van der Waals surface area contributed by atoms with E-state index in [4.69, 9.17) is 16.3 Å². The molecule has 1 heterocycles. The van der Waals surface area contributed by atoms with Gasteiger partial charge in [-0.1, -0.05) is 12.1 Å². The third-order valence-electron chi connectivity index (χ3n) is 2.16. The number of amides is 1. The third-order valence-corrected chi connectivity index (χ3v) is 2.48. The quantitative estimate of drug-likeness (QED) is 0.741. The summed E-state index contributed by atoms with van der Waals surface area (Å²) in [6.07, 6.45) is -1.93. The van der Waals surface area contributed by atoms with Crippen LogP contribution in [0.15, 0.2) is 24.3 Å². The number of benzene rings is 1. The summed E-state index contributed by atoms with van der Waals surface area (Å²) in [5.74, 6) is 0.133. The van der Waals surface area contributed by atoms with Crippen LogP contribution in [0.5, 0.6) is 5.75 Å². The van der Waals surface area contributed by atoms with Gasteiger partial charge >= 0.3 is 0 Å². The summed E-state index contributed by atoms with van der Waals surface area (Å²) in [7, 11) is 0. The molecule has 1 amide bonds. The van der Waals surface area contributed by atoms with Crippen LogP contribution in [0.2, 0.25) is 0 Å². The zero-order valence-corrected chi connectivity index (χ0v) is 8.57. The number of nitrogens with one attached hydrogen (secondary N) is 1. The van der Waals surface area contributed by atoms with Crippen molar-refractivity contribution in [1.82, 2.24) is 0 Å².